The van der Waals surface area contributed by atoms with Crippen LogP contribution < -0.4 is 10.2 Å². The van der Waals surface area contributed by atoms with E-state index in [1.165, 1.54) is 25.7 Å². The number of nitrogens with one attached hydrogen (secondary N) is 1. The van der Waals surface area contributed by atoms with Crippen molar-refractivity contribution in [3.05, 3.63) is 18.0 Å². The molecule has 1 fully saturated rings. The van der Waals surface area contributed by atoms with Gasteiger partial charge in [0.25, 0.3) is 0 Å². The number of hydrogen-bond acceptors (Lipinski definition) is 4. The normalized spacial score (nSPS) is 17.2. The van der Waals surface area contributed by atoms with Crippen LogP contribution in [-0.4, -0.2) is 28.6 Å². The molecule has 2 rings (SSSR count). The van der Waals surface area contributed by atoms with Crippen LogP contribution in [0.1, 0.15) is 58.9 Å². The summed E-state index contributed by atoms with van der Waals surface area (Å²) in [4.78, 5) is 11.4. The molecule has 0 aliphatic carbocycles. The molecule has 4 heteroatoms. The summed E-state index contributed by atoms with van der Waals surface area (Å²) >= 11 is 0. The van der Waals surface area contributed by atoms with Crippen molar-refractivity contribution in [3.63, 3.8) is 0 Å². The Hall–Kier alpha value is -1.16. The van der Waals surface area contributed by atoms with E-state index in [4.69, 9.17) is 0 Å². The zero-order chi connectivity index (χ0) is 15.3. The summed E-state index contributed by atoms with van der Waals surface area (Å²) in [6, 6.07) is 0. The second-order valence-electron chi connectivity index (χ2n) is 7.21. The fourth-order valence-corrected chi connectivity index (χ4v) is 2.80. The molecule has 1 aliphatic heterocycles. The van der Waals surface area contributed by atoms with Gasteiger partial charge in [-0.1, -0.05) is 19.8 Å². The van der Waals surface area contributed by atoms with Gasteiger partial charge in [0.05, 0.1) is 0 Å². The number of anilines is 1. The Kier molecular flexibility index (Phi) is 5.57. The fourth-order valence-electron chi connectivity index (χ4n) is 2.80. The van der Waals surface area contributed by atoms with Crippen LogP contribution in [0, 0.1) is 5.92 Å². The predicted molar refractivity (Wildman–Crippen MR) is 88.5 cm³/mol. The van der Waals surface area contributed by atoms with Crippen LogP contribution in [0.25, 0.3) is 0 Å². The van der Waals surface area contributed by atoms with Crippen LogP contribution in [0.4, 0.5) is 5.95 Å². The summed E-state index contributed by atoms with van der Waals surface area (Å²) in [5, 5.41) is 3.46. The van der Waals surface area contributed by atoms with Crippen LogP contribution >= 0.6 is 0 Å². The van der Waals surface area contributed by atoms with E-state index in [1.807, 2.05) is 12.4 Å². The molecule has 1 aromatic rings. The van der Waals surface area contributed by atoms with Crippen molar-refractivity contribution < 1.29 is 0 Å². The van der Waals surface area contributed by atoms with Gasteiger partial charge < -0.3 is 10.2 Å². The first-order valence-electron chi connectivity index (χ1n) is 8.29. The second kappa shape index (κ2) is 7.21. The van der Waals surface area contributed by atoms with Crippen LogP contribution in [0.2, 0.25) is 0 Å². The van der Waals surface area contributed by atoms with E-state index in [2.05, 4.69) is 47.9 Å². The molecule has 0 unspecified atom stereocenters. The lowest BCUT2D eigenvalue weighted by molar-refractivity contribution is 0.376. The molecule has 4 nitrogen and oxygen atoms in total. The Morgan fingerprint density at radius 2 is 1.81 bits per heavy atom. The zero-order valence-corrected chi connectivity index (χ0v) is 14.0. The van der Waals surface area contributed by atoms with E-state index in [0.717, 1.165) is 37.1 Å². The van der Waals surface area contributed by atoms with Crippen molar-refractivity contribution in [2.45, 2.75) is 65.5 Å². The SMILES string of the molecule is CCCC1CCN(c2ncc(CNC(C)(C)C)cn2)CC1. The first-order valence-corrected chi connectivity index (χ1v) is 8.29. The highest BCUT2D eigenvalue weighted by atomic mass is 15.2. The number of rotatable bonds is 5. The Morgan fingerprint density at radius 3 is 2.33 bits per heavy atom. The molecule has 21 heavy (non-hydrogen) atoms. The molecule has 0 amide bonds. The monoisotopic (exact) mass is 290 g/mol. The standard InChI is InChI=1S/C17H30N4/c1-5-6-14-7-9-21(10-8-14)16-18-11-15(12-19-16)13-20-17(2,3)4/h11-12,14,20H,5-10,13H2,1-4H3. The summed E-state index contributed by atoms with van der Waals surface area (Å²) in [7, 11) is 0. The molecule has 1 aromatic heterocycles. The highest BCUT2D eigenvalue weighted by Crippen LogP contribution is 2.23. The Bertz CT molecular complexity index is 413. The lowest BCUT2D eigenvalue weighted by Gasteiger charge is -2.31. The zero-order valence-electron chi connectivity index (χ0n) is 14.0. The molecule has 1 saturated heterocycles. The molecule has 0 bridgehead atoms. The Balaban J connectivity index is 1.85. The summed E-state index contributed by atoms with van der Waals surface area (Å²) < 4.78 is 0. The minimum Gasteiger partial charge on any atom is -0.341 e. The van der Waals surface area contributed by atoms with Crippen molar-refractivity contribution >= 4 is 5.95 Å². The quantitative estimate of drug-likeness (QED) is 0.902. The maximum Gasteiger partial charge on any atom is 0.225 e. The molecule has 1 aliphatic rings. The van der Waals surface area contributed by atoms with Gasteiger partial charge in [0.2, 0.25) is 5.95 Å². The van der Waals surface area contributed by atoms with E-state index in [-0.39, 0.29) is 5.54 Å². The van der Waals surface area contributed by atoms with Gasteiger partial charge in [-0.05, 0) is 39.5 Å². The second-order valence-corrected chi connectivity index (χ2v) is 7.21. The van der Waals surface area contributed by atoms with Gasteiger partial charge in [-0.3, -0.25) is 0 Å². The summed E-state index contributed by atoms with van der Waals surface area (Å²) in [6.45, 7) is 11.8. The lowest BCUT2D eigenvalue weighted by Crippen LogP contribution is -2.36. The molecule has 0 atom stereocenters. The fraction of sp³-hybridized carbons (Fsp3) is 0.765. The smallest absolute Gasteiger partial charge is 0.225 e. The highest BCUT2D eigenvalue weighted by molar-refractivity contribution is 5.30. The van der Waals surface area contributed by atoms with E-state index in [0.29, 0.717) is 0 Å². The van der Waals surface area contributed by atoms with Gasteiger partial charge in [0.1, 0.15) is 0 Å². The molecular formula is C17H30N4. The van der Waals surface area contributed by atoms with E-state index in [9.17, 15) is 0 Å². The average Bonchev–Trinajstić information content (AvgIpc) is 2.46. The maximum atomic E-state index is 4.55. The van der Waals surface area contributed by atoms with Gasteiger partial charge >= 0.3 is 0 Å². The first-order chi connectivity index (χ1) is 9.98. The van der Waals surface area contributed by atoms with Crippen LogP contribution in [0.3, 0.4) is 0 Å². The predicted octanol–water partition coefficient (Wildman–Crippen LogP) is 3.38. The molecule has 0 aromatic carbocycles. The molecule has 118 valence electrons. The first kappa shape index (κ1) is 16.2. The van der Waals surface area contributed by atoms with Crippen molar-refractivity contribution in [2.75, 3.05) is 18.0 Å². The summed E-state index contributed by atoms with van der Waals surface area (Å²) in [5.74, 6) is 1.80. The van der Waals surface area contributed by atoms with Gasteiger partial charge in [0.15, 0.2) is 0 Å². The van der Waals surface area contributed by atoms with Crippen molar-refractivity contribution in [3.8, 4) is 0 Å². The topological polar surface area (TPSA) is 41.1 Å². The van der Waals surface area contributed by atoms with Crippen LogP contribution in [0.5, 0.6) is 0 Å². The largest absolute Gasteiger partial charge is 0.341 e. The van der Waals surface area contributed by atoms with Crippen molar-refractivity contribution in [1.82, 2.24) is 15.3 Å². The molecule has 2 heterocycles. The summed E-state index contributed by atoms with van der Waals surface area (Å²) in [6.07, 6.45) is 9.15. The van der Waals surface area contributed by atoms with E-state index in [1.54, 1.807) is 0 Å². The average molecular weight is 290 g/mol. The number of aromatic nitrogens is 2. The number of nitrogens with zero attached hydrogens (tertiary/aromatic N) is 3. The van der Waals surface area contributed by atoms with Crippen molar-refractivity contribution in [2.24, 2.45) is 5.92 Å². The molecule has 0 saturated carbocycles. The van der Waals surface area contributed by atoms with Crippen molar-refractivity contribution in [1.29, 1.82) is 0 Å². The molecular weight excluding hydrogens is 260 g/mol. The summed E-state index contributed by atoms with van der Waals surface area (Å²) in [5.41, 5.74) is 1.27. The molecule has 1 N–H and O–H groups in total. The third-order valence-corrected chi connectivity index (χ3v) is 4.11. The minimum atomic E-state index is 0.125. The number of hydrogen-bond donors (Lipinski definition) is 1. The molecule has 0 spiro atoms. The Labute approximate surface area is 129 Å². The van der Waals surface area contributed by atoms with E-state index >= 15 is 0 Å². The third-order valence-electron chi connectivity index (χ3n) is 4.11. The van der Waals surface area contributed by atoms with Crippen LogP contribution in [0.15, 0.2) is 12.4 Å². The highest BCUT2D eigenvalue weighted by Gasteiger charge is 2.20. The Morgan fingerprint density at radius 1 is 1.19 bits per heavy atom. The minimum absolute atomic E-state index is 0.125. The van der Waals surface area contributed by atoms with Gasteiger partial charge in [-0.25, -0.2) is 9.97 Å². The van der Waals surface area contributed by atoms with Gasteiger partial charge in [-0.15, -0.1) is 0 Å². The lowest BCUT2D eigenvalue weighted by atomic mass is 9.93. The van der Waals surface area contributed by atoms with Crippen LogP contribution in [-0.2, 0) is 6.54 Å². The maximum absolute atomic E-state index is 4.55. The van der Waals surface area contributed by atoms with E-state index < -0.39 is 0 Å². The van der Waals surface area contributed by atoms with Gasteiger partial charge in [0, 0.05) is 43.1 Å². The number of piperidine rings is 1. The third kappa shape index (κ3) is 5.27. The van der Waals surface area contributed by atoms with Gasteiger partial charge in [-0.2, -0.15) is 0 Å². The molecule has 0 radical (unpaired) electrons.